The molecule has 1 atom stereocenters. The van der Waals surface area contributed by atoms with E-state index in [9.17, 15) is 14.0 Å². The van der Waals surface area contributed by atoms with Crippen molar-refractivity contribution in [1.29, 1.82) is 0 Å². The third-order valence-corrected chi connectivity index (χ3v) is 4.72. The van der Waals surface area contributed by atoms with Gasteiger partial charge in [-0.25, -0.2) is 4.39 Å². The van der Waals surface area contributed by atoms with Crippen molar-refractivity contribution in [2.24, 2.45) is 0 Å². The van der Waals surface area contributed by atoms with E-state index in [1.165, 1.54) is 12.1 Å². The van der Waals surface area contributed by atoms with E-state index in [4.69, 9.17) is 0 Å². The molecule has 27 heavy (non-hydrogen) atoms. The second kappa shape index (κ2) is 8.77. The largest absolute Gasteiger partial charge is 0.352 e. The van der Waals surface area contributed by atoms with Crippen LogP contribution in [0.2, 0.25) is 0 Å². The number of hydrogen-bond acceptors (Lipinski definition) is 3. The van der Waals surface area contributed by atoms with Crippen LogP contribution >= 0.6 is 0 Å². The van der Waals surface area contributed by atoms with Crippen molar-refractivity contribution in [2.75, 3.05) is 20.6 Å². The molecule has 2 amide bonds. The van der Waals surface area contributed by atoms with Gasteiger partial charge in [0, 0.05) is 18.7 Å². The van der Waals surface area contributed by atoms with E-state index in [-0.39, 0.29) is 24.2 Å². The zero-order valence-corrected chi connectivity index (χ0v) is 16.2. The molecule has 1 unspecified atom stereocenters. The van der Waals surface area contributed by atoms with Crippen LogP contribution in [-0.4, -0.2) is 37.4 Å². The molecule has 2 rings (SSSR count). The predicted molar refractivity (Wildman–Crippen MR) is 104 cm³/mol. The summed E-state index contributed by atoms with van der Waals surface area (Å²) < 4.78 is 13.3. The Kier molecular flexibility index (Phi) is 6.69. The van der Waals surface area contributed by atoms with Crippen LogP contribution in [0.4, 0.5) is 4.39 Å². The maximum atomic E-state index is 13.3. The lowest BCUT2D eigenvalue weighted by Gasteiger charge is -2.35. The minimum Gasteiger partial charge on any atom is -0.352 e. The van der Waals surface area contributed by atoms with Gasteiger partial charge in [0.25, 0.3) is 5.91 Å². The van der Waals surface area contributed by atoms with Crippen LogP contribution in [0.25, 0.3) is 0 Å². The van der Waals surface area contributed by atoms with Crippen LogP contribution in [-0.2, 0) is 16.9 Å². The van der Waals surface area contributed by atoms with Gasteiger partial charge in [0.1, 0.15) is 11.4 Å². The fraction of sp³-hybridized carbons (Fsp3) is 0.333. The van der Waals surface area contributed by atoms with Crippen molar-refractivity contribution in [3.63, 3.8) is 0 Å². The Morgan fingerprint density at radius 2 is 1.74 bits per heavy atom. The average Bonchev–Trinajstić information content (AvgIpc) is 2.66. The maximum Gasteiger partial charge on any atom is 0.251 e. The van der Waals surface area contributed by atoms with Gasteiger partial charge < -0.3 is 10.6 Å². The summed E-state index contributed by atoms with van der Waals surface area (Å²) in [5.41, 5.74) is 1.12. The molecule has 2 aromatic carbocycles. The molecule has 0 bridgehead atoms. The fourth-order valence-electron chi connectivity index (χ4n) is 2.81. The quantitative estimate of drug-likeness (QED) is 0.787. The number of nitrogens with one attached hydrogen (secondary N) is 2. The highest BCUT2D eigenvalue weighted by molar-refractivity contribution is 5.94. The van der Waals surface area contributed by atoms with Gasteiger partial charge in [0.15, 0.2) is 0 Å². The molecule has 0 saturated carbocycles. The summed E-state index contributed by atoms with van der Waals surface area (Å²) in [5, 5.41) is 5.68. The minimum atomic E-state index is -0.953. The second-order valence-corrected chi connectivity index (χ2v) is 6.72. The maximum absolute atomic E-state index is 13.3. The fourth-order valence-corrected chi connectivity index (χ4v) is 2.81. The summed E-state index contributed by atoms with van der Waals surface area (Å²) in [4.78, 5) is 26.7. The molecule has 5 nitrogen and oxygen atoms in total. The number of amides is 2. The van der Waals surface area contributed by atoms with Gasteiger partial charge in [-0.3, -0.25) is 14.5 Å². The first kappa shape index (κ1) is 20.6. The first-order valence-electron chi connectivity index (χ1n) is 8.88. The molecule has 0 aliphatic heterocycles. The molecule has 2 aromatic rings. The van der Waals surface area contributed by atoms with Crippen LogP contribution in [0.1, 0.15) is 35.3 Å². The Balaban J connectivity index is 2.16. The summed E-state index contributed by atoms with van der Waals surface area (Å²) >= 11 is 0. The van der Waals surface area contributed by atoms with E-state index in [0.29, 0.717) is 17.7 Å². The Morgan fingerprint density at radius 1 is 1.07 bits per heavy atom. The highest BCUT2D eigenvalue weighted by atomic mass is 19.1. The van der Waals surface area contributed by atoms with Gasteiger partial charge in [-0.1, -0.05) is 24.3 Å². The van der Waals surface area contributed by atoms with E-state index in [2.05, 4.69) is 10.6 Å². The molecule has 0 heterocycles. The van der Waals surface area contributed by atoms with Crippen molar-refractivity contribution in [2.45, 2.75) is 25.9 Å². The van der Waals surface area contributed by atoms with E-state index in [1.807, 2.05) is 13.0 Å². The molecular formula is C21H26FN3O2. The van der Waals surface area contributed by atoms with Crippen LogP contribution in [0.3, 0.4) is 0 Å². The molecule has 0 aliphatic carbocycles. The van der Waals surface area contributed by atoms with Gasteiger partial charge in [-0.2, -0.15) is 0 Å². The molecule has 0 saturated heterocycles. The molecular weight excluding hydrogens is 345 g/mol. The summed E-state index contributed by atoms with van der Waals surface area (Å²) in [6, 6.07) is 13.1. The summed E-state index contributed by atoms with van der Waals surface area (Å²) in [7, 11) is 3.61. The molecule has 0 radical (unpaired) electrons. The van der Waals surface area contributed by atoms with Gasteiger partial charge >= 0.3 is 0 Å². The third kappa shape index (κ3) is 4.71. The molecule has 0 fully saturated rings. The zero-order chi connectivity index (χ0) is 20.0. The van der Waals surface area contributed by atoms with Crippen LogP contribution in [0, 0.1) is 5.82 Å². The third-order valence-electron chi connectivity index (χ3n) is 4.72. The Morgan fingerprint density at radius 3 is 2.33 bits per heavy atom. The molecule has 2 N–H and O–H groups in total. The minimum absolute atomic E-state index is 0.143. The first-order valence-corrected chi connectivity index (χ1v) is 8.88. The van der Waals surface area contributed by atoms with Crippen molar-refractivity contribution >= 4 is 11.8 Å². The summed E-state index contributed by atoms with van der Waals surface area (Å²) in [6.07, 6.45) is 0. The molecule has 0 aliphatic rings. The van der Waals surface area contributed by atoms with Gasteiger partial charge in [-0.15, -0.1) is 0 Å². The van der Waals surface area contributed by atoms with Crippen molar-refractivity contribution in [3.05, 3.63) is 71.0 Å². The molecule has 144 valence electrons. The monoisotopic (exact) mass is 371 g/mol. The Labute approximate surface area is 159 Å². The van der Waals surface area contributed by atoms with Crippen LogP contribution < -0.4 is 10.6 Å². The number of halogens is 1. The smallest absolute Gasteiger partial charge is 0.251 e. The van der Waals surface area contributed by atoms with Crippen molar-refractivity contribution in [3.8, 4) is 0 Å². The highest BCUT2D eigenvalue weighted by Gasteiger charge is 2.37. The molecule has 6 heteroatoms. The number of likely N-dealkylation sites (N-methyl/N-ethyl adjacent to an activating group) is 1. The number of hydrogen-bond donors (Lipinski definition) is 2. The van der Waals surface area contributed by atoms with Gasteiger partial charge in [0.2, 0.25) is 5.91 Å². The normalized spacial score (nSPS) is 13.1. The Bertz CT molecular complexity index is 805. The standard InChI is InChI=1S/C21H26FN3O2/c1-5-23-19(26)16-8-6-7-15(13-16)14-24-20(27)21(2,25(3)4)17-9-11-18(22)12-10-17/h6-13H,5,14H2,1-4H3,(H,23,26)(H,24,27). The Hall–Kier alpha value is -2.73. The molecule has 0 aromatic heterocycles. The van der Waals surface area contributed by atoms with E-state index in [1.54, 1.807) is 56.3 Å². The van der Waals surface area contributed by atoms with Crippen LogP contribution in [0.15, 0.2) is 48.5 Å². The molecule has 0 spiro atoms. The lowest BCUT2D eigenvalue weighted by Crippen LogP contribution is -2.51. The SMILES string of the molecule is CCNC(=O)c1cccc(CNC(=O)C(C)(c2ccc(F)cc2)N(C)C)c1. The van der Waals surface area contributed by atoms with E-state index >= 15 is 0 Å². The second-order valence-electron chi connectivity index (χ2n) is 6.72. The van der Waals surface area contributed by atoms with E-state index in [0.717, 1.165) is 5.56 Å². The summed E-state index contributed by atoms with van der Waals surface area (Å²) in [6.45, 7) is 4.50. The number of nitrogens with zero attached hydrogens (tertiary/aromatic N) is 1. The van der Waals surface area contributed by atoms with E-state index < -0.39 is 5.54 Å². The summed E-state index contributed by atoms with van der Waals surface area (Å²) in [5.74, 6) is -0.694. The zero-order valence-electron chi connectivity index (χ0n) is 16.2. The lowest BCUT2D eigenvalue weighted by molar-refractivity contribution is -0.131. The van der Waals surface area contributed by atoms with Crippen LogP contribution in [0.5, 0.6) is 0 Å². The van der Waals surface area contributed by atoms with Crippen molar-refractivity contribution in [1.82, 2.24) is 15.5 Å². The van der Waals surface area contributed by atoms with Crippen molar-refractivity contribution < 1.29 is 14.0 Å². The lowest BCUT2D eigenvalue weighted by atomic mass is 9.89. The average molecular weight is 371 g/mol. The topological polar surface area (TPSA) is 61.4 Å². The number of benzene rings is 2. The number of carbonyl (C=O) groups excluding carboxylic acids is 2. The van der Waals surface area contributed by atoms with Gasteiger partial charge in [-0.05, 0) is 63.3 Å². The first-order chi connectivity index (χ1) is 12.8. The predicted octanol–water partition coefficient (Wildman–Crippen LogP) is 2.67. The number of carbonyl (C=O) groups is 2. The highest BCUT2D eigenvalue weighted by Crippen LogP contribution is 2.27. The van der Waals surface area contributed by atoms with Gasteiger partial charge in [0.05, 0.1) is 0 Å². The number of rotatable bonds is 7.